The predicted molar refractivity (Wildman–Crippen MR) is 78.2 cm³/mol. The Hall–Kier alpha value is 0.620. The monoisotopic (exact) mass is 252 g/mol. The Morgan fingerprint density at radius 2 is 1.40 bits per heavy atom. The molecule has 0 bridgehead atoms. The minimum Gasteiger partial charge on any atom is -0.329 e. The van der Waals surface area contributed by atoms with Gasteiger partial charge in [-0.3, -0.25) is 0 Å². The first-order chi connectivity index (χ1) is 6.74. The van der Waals surface area contributed by atoms with Gasteiger partial charge in [-0.25, -0.2) is 0 Å². The second kappa shape index (κ2) is 8.74. The van der Waals surface area contributed by atoms with Crippen molar-refractivity contribution >= 4 is 23.5 Å². The summed E-state index contributed by atoms with van der Waals surface area (Å²) in [7, 11) is 1.98. The Balaban J connectivity index is 0. The minimum absolute atomic E-state index is 0.278. The van der Waals surface area contributed by atoms with Gasteiger partial charge in [-0.2, -0.15) is 23.5 Å². The normalized spacial score (nSPS) is 12.0. The van der Waals surface area contributed by atoms with Gasteiger partial charge in [-0.15, -0.1) is 0 Å². The summed E-state index contributed by atoms with van der Waals surface area (Å²) in [6.07, 6.45) is 4.21. The maximum atomic E-state index is 5.40. The Morgan fingerprint density at radius 3 is 1.47 bits per heavy atom. The molecule has 0 spiro atoms. The lowest BCUT2D eigenvalue weighted by Crippen LogP contribution is -2.29. The molecule has 0 aliphatic rings. The Morgan fingerprint density at radius 1 is 1.00 bits per heavy atom. The van der Waals surface area contributed by atoms with Crippen LogP contribution in [0.1, 0.15) is 27.7 Å². The summed E-state index contributed by atoms with van der Waals surface area (Å²) in [6, 6.07) is 0. The first-order valence-corrected chi connectivity index (χ1v) is 7.64. The number of nitrogens with one attached hydrogen (secondary N) is 1. The highest BCUT2D eigenvalue weighted by Crippen LogP contribution is 2.19. The highest BCUT2D eigenvalue weighted by atomic mass is 32.2. The van der Waals surface area contributed by atoms with Crippen molar-refractivity contribution < 1.29 is 0 Å². The molecule has 15 heavy (non-hydrogen) atoms. The van der Waals surface area contributed by atoms with Gasteiger partial charge in [-0.05, 0) is 47.3 Å². The van der Waals surface area contributed by atoms with Crippen molar-refractivity contribution in [3.63, 3.8) is 0 Å². The van der Waals surface area contributed by atoms with Crippen molar-refractivity contribution in [1.82, 2.24) is 5.32 Å². The fourth-order valence-corrected chi connectivity index (χ4v) is 1.04. The number of rotatable bonds is 5. The van der Waals surface area contributed by atoms with Crippen LogP contribution in [0.4, 0.5) is 0 Å². The zero-order valence-electron chi connectivity index (χ0n) is 11.3. The molecule has 0 aromatic heterocycles. The molecule has 0 aromatic rings. The molecule has 0 radical (unpaired) electrons. The summed E-state index contributed by atoms with van der Waals surface area (Å²) < 4.78 is 0.675. The van der Waals surface area contributed by atoms with Crippen molar-refractivity contribution in [2.45, 2.75) is 37.2 Å². The molecule has 0 saturated heterocycles. The van der Waals surface area contributed by atoms with Crippen molar-refractivity contribution in [3.8, 4) is 0 Å². The van der Waals surface area contributed by atoms with Crippen LogP contribution in [0.2, 0.25) is 0 Å². The molecule has 0 fully saturated rings. The minimum atomic E-state index is 0.278. The average molecular weight is 252 g/mol. The number of nitrogens with two attached hydrogens (primary N) is 1. The molecule has 94 valence electrons. The van der Waals surface area contributed by atoms with Crippen molar-refractivity contribution in [3.05, 3.63) is 0 Å². The zero-order chi connectivity index (χ0) is 12.5. The van der Waals surface area contributed by atoms with Gasteiger partial charge in [-0.1, -0.05) is 0 Å². The molecule has 0 aliphatic carbocycles. The van der Waals surface area contributed by atoms with Crippen LogP contribution >= 0.6 is 23.5 Å². The van der Waals surface area contributed by atoms with E-state index in [0.29, 0.717) is 4.75 Å². The molecule has 0 aromatic carbocycles. The van der Waals surface area contributed by atoms with Crippen LogP contribution in [-0.4, -0.2) is 42.1 Å². The second-order valence-corrected chi connectivity index (χ2v) is 7.69. The average Bonchev–Trinajstić information content (AvgIpc) is 2.19. The fourth-order valence-electron chi connectivity index (χ4n) is 0.581. The molecule has 4 heteroatoms. The molecular formula is C11H28N2S2. The number of thioether (sulfide) groups is 2. The van der Waals surface area contributed by atoms with Gasteiger partial charge in [0.2, 0.25) is 0 Å². The maximum Gasteiger partial charge on any atom is 0.0225 e. The van der Waals surface area contributed by atoms with Crippen LogP contribution in [0.3, 0.4) is 0 Å². The van der Waals surface area contributed by atoms with Crippen LogP contribution in [0.15, 0.2) is 0 Å². The summed E-state index contributed by atoms with van der Waals surface area (Å²) >= 11 is 3.69. The van der Waals surface area contributed by atoms with E-state index < -0.39 is 0 Å². The van der Waals surface area contributed by atoms with Gasteiger partial charge in [0.15, 0.2) is 0 Å². The van der Waals surface area contributed by atoms with E-state index in [9.17, 15) is 0 Å². The first-order valence-electron chi connectivity index (χ1n) is 5.19. The first kappa shape index (κ1) is 18.0. The summed E-state index contributed by atoms with van der Waals surface area (Å²) in [6.45, 7) is 10.6. The van der Waals surface area contributed by atoms with Gasteiger partial charge in [0, 0.05) is 22.6 Å². The fraction of sp³-hybridized carbons (Fsp3) is 1.00. The largest absolute Gasteiger partial charge is 0.329 e. The summed E-state index contributed by atoms with van der Waals surface area (Å²) in [5, 5.41) is 3.14. The Labute approximate surface area is 105 Å². The van der Waals surface area contributed by atoms with E-state index in [1.807, 2.05) is 18.8 Å². The summed E-state index contributed by atoms with van der Waals surface area (Å²) in [4.78, 5) is 0. The van der Waals surface area contributed by atoms with Crippen LogP contribution in [0.25, 0.3) is 0 Å². The molecule has 2 nitrogen and oxygen atoms in total. The smallest absolute Gasteiger partial charge is 0.0225 e. The molecule has 0 rings (SSSR count). The maximum absolute atomic E-state index is 5.40. The second-order valence-electron chi connectivity index (χ2n) is 4.66. The molecule has 0 aliphatic heterocycles. The Kier molecular flexibility index (Phi) is 10.5. The summed E-state index contributed by atoms with van der Waals surface area (Å²) in [5.41, 5.74) is 5.40. The topological polar surface area (TPSA) is 38.0 Å². The van der Waals surface area contributed by atoms with Crippen LogP contribution in [-0.2, 0) is 0 Å². The standard InChI is InChI=1S/C6H15NS.C5H13NS/c1-6(2,8-4)5-7-3;1-5(2,4-6)7-3/h7H,5H2,1-4H3;4,6H2,1-3H3. The highest BCUT2D eigenvalue weighted by Gasteiger charge is 2.13. The molecular weight excluding hydrogens is 224 g/mol. The van der Waals surface area contributed by atoms with Crippen LogP contribution < -0.4 is 11.1 Å². The van der Waals surface area contributed by atoms with E-state index in [1.165, 1.54) is 0 Å². The van der Waals surface area contributed by atoms with E-state index in [1.54, 1.807) is 11.8 Å². The summed E-state index contributed by atoms with van der Waals surface area (Å²) in [5.74, 6) is 0. The van der Waals surface area contributed by atoms with Gasteiger partial charge in [0.05, 0.1) is 0 Å². The van der Waals surface area contributed by atoms with Crippen LogP contribution in [0, 0.1) is 0 Å². The van der Waals surface area contributed by atoms with Gasteiger partial charge in [0.1, 0.15) is 0 Å². The third-order valence-corrected chi connectivity index (χ3v) is 4.72. The lowest BCUT2D eigenvalue weighted by atomic mass is 10.2. The lowest BCUT2D eigenvalue weighted by Gasteiger charge is -2.20. The quantitative estimate of drug-likeness (QED) is 0.788. The molecule has 0 saturated carbocycles. The lowest BCUT2D eigenvalue weighted by molar-refractivity contribution is 0.644. The number of hydrogen-bond donors (Lipinski definition) is 2. The van der Waals surface area contributed by atoms with Crippen molar-refractivity contribution in [2.75, 3.05) is 32.6 Å². The number of hydrogen-bond acceptors (Lipinski definition) is 4. The van der Waals surface area contributed by atoms with E-state index in [2.05, 4.69) is 45.5 Å². The zero-order valence-corrected chi connectivity index (χ0v) is 12.9. The molecule has 0 heterocycles. The van der Waals surface area contributed by atoms with Crippen LogP contribution in [0.5, 0.6) is 0 Å². The van der Waals surface area contributed by atoms with E-state index in [0.717, 1.165) is 13.1 Å². The van der Waals surface area contributed by atoms with Crippen molar-refractivity contribution in [1.29, 1.82) is 0 Å². The van der Waals surface area contributed by atoms with E-state index >= 15 is 0 Å². The van der Waals surface area contributed by atoms with Gasteiger partial charge >= 0.3 is 0 Å². The Bertz CT molecular complexity index is 142. The highest BCUT2D eigenvalue weighted by molar-refractivity contribution is 8.00. The van der Waals surface area contributed by atoms with E-state index in [-0.39, 0.29) is 4.75 Å². The molecule has 3 N–H and O–H groups in total. The predicted octanol–water partition coefficient (Wildman–Crippen LogP) is 2.43. The SMILES string of the molecule is CNCC(C)(C)SC.CSC(C)(C)CN. The van der Waals surface area contributed by atoms with E-state index in [4.69, 9.17) is 5.73 Å². The third-order valence-electron chi connectivity index (χ3n) is 2.20. The molecule has 0 unspecified atom stereocenters. The van der Waals surface area contributed by atoms with Crippen molar-refractivity contribution in [2.24, 2.45) is 5.73 Å². The van der Waals surface area contributed by atoms with Gasteiger partial charge < -0.3 is 11.1 Å². The molecule has 0 amide bonds. The third kappa shape index (κ3) is 12.6. The molecule has 0 atom stereocenters. The van der Waals surface area contributed by atoms with Gasteiger partial charge in [0.25, 0.3) is 0 Å².